The molecule has 0 radical (unpaired) electrons. The van der Waals surface area contributed by atoms with Gasteiger partial charge in [0.05, 0.1) is 13.0 Å². The van der Waals surface area contributed by atoms with Gasteiger partial charge in [-0.15, -0.1) is 0 Å². The molecule has 1 aromatic rings. The summed E-state index contributed by atoms with van der Waals surface area (Å²) in [6, 6.07) is 7.73. The molecule has 1 aliphatic rings. The molecule has 1 heterocycles. The number of carboxylic acids is 1. The Hall–Kier alpha value is -2.04. The van der Waals surface area contributed by atoms with Crippen molar-refractivity contribution < 1.29 is 14.7 Å². The largest absolute Gasteiger partial charge is 0.481 e. The first kappa shape index (κ1) is 14.4. The number of amides is 1. The van der Waals surface area contributed by atoms with Crippen LogP contribution in [0.1, 0.15) is 31.2 Å². The number of rotatable bonds is 6. The highest BCUT2D eigenvalue weighted by molar-refractivity contribution is 5.83. The zero-order valence-corrected chi connectivity index (χ0v) is 11.6. The lowest BCUT2D eigenvalue weighted by molar-refractivity contribution is -0.137. The van der Waals surface area contributed by atoms with Crippen molar-refractivity contribution in [1.29, 1.82) is 0 Å². The molecule has 20 heavy (non-hydrogen) atoms. The molecule has 108 valence electrons. The van der Waals surface area contributed by atoms with Gasteiger partial charge in [0.1, 0.15) is 0 Å². The van der Waals surface area contributed by atoms with Gasteiger partial charge < -0.3 is 15.3 Å². The lowest BCUT2D eigenvalue weighted by atomic mass is 9.98. The standard InChI is InChI=1S/C15H20N2O3/c1-2-7-16-14(18)10-17-9-11(8-15(19)20)12-5-3-4-6-13(12)17/h3-6,11H,2,7-10H2,1H3,(H,16,18)(H,19,20). The Bertz CT molecular complexity index is 502. The summed E-state index contributed by atoms with van der Waals surface area (Å²) in [5.74, 6) is -0.859. The number of carbonyl (C=O) groups is 2. The van der Waals surface area contributed by atoms with Crippen LogP contribution in [0.25, 0.3) is 0 Å². The fourth-order valence-electron chi connectivity index (χ4n) is 2.61. The molecule has 0 saturated carbocycles. The van der Waals surface area contributed by atoms with Gasteiger partial charge in [-0.05, 0) is 18.1 Å². The van der Waals surface area contributed by atoms with Crippen molar-refractivity contribution in [2.45, 2.75) is 25.7 Å². The minimum absolute atomic E-state index is 0.0161. The number of nitrogens with zero attached hydrogens (tertiary/aromatic N) is 1. The fraction of sp³-hybridized carbons (Fsp3) is 0.467. The molecule has 0 spiro atoms. The summed E-state index contributed by atoms with van der Waals surface area (Å²) in [4.78, 5) is 24.7. The first-order valence-corrected chi connectivity index (χ1v) is 6.94. The second kappa shape index (κ2) is 6.41. The number of benzene rings is 1. The van der Waals surface area contributed by atoms with Crippen LogP contribution in [0.2, 0.25) is 0 Å². The number of carboxylic acid groups (broad SMARTS) is 1. The smallest absolute Gasteiger partial charge is 0.304 e. The molecular weight excluding hydrogens is 256 g/mol. The van der Waals surface area contributed by atoms with E-state index in [0.717, 1.165) is 17.7 Å². The molecule has 5 nitrogen and oxygen atoms in total. The van der Waals surface area contributed by atoms with Crippen LogP contribution in [-0.4, -0.2) is 36.6 Å². The van der Waals surface area contributed by atoms with Crippen LogP contribution in [0.5, 0.6) is 0 Å². The number of hydrogen-bond acceptors (Lipinski definition) is 3. The van der Waals surface area contributed by atoms with Crippen molar-refractivity contribution in [3.63, 3.8) is 0 Å². The Morgan fingerprint density at radius 1 is 1.40 bits per heavy atom. The number of hydrogen-bond donors (Lipinski definition) is 2. The lowest BCUT2D eigenvalue weighted by Crippen LogP contribution is -2.37. The molecule has 0 bridgehead atoms. The topological polar surface area (TPSA) is 69.6 Å². The highest BCUT2D eigenvalue weighted by Crippen LogP contribution is 2.37. The van der Waals surface area contributed by atoms with Crippen molar-refractivity contribution >= 4 is 17.6 Å². The fourth-order valence-corrected chi connectivity index (χ4v) is 2.61. The van der Waals surface area contributed by atoms with E-state index in [1.54, 1.807) is 0 Å². The molecule has 1 aromatic carbocycles. The predicted molar refractivity (Wildman–Crippen MR) is 76.9 cm³/mol. The average molecular weight is 276 g/mol. The molecule has 0 saturated heterocycles. The Labute approximate surface area is 118 Å². The second-order valence-corrected chi connectivity index (χ2v) is 5.08. The van der Waals surface area contributed by atoms with Gasteiger partial charge in [-0.1, -0.05) is 25.1 Å². The second-order valence-electron chi connectivity index (χ2n) is 5.08. The van der Waals surface area contributed by atoms with E-state index >= 15 is 0 Å². The molecular formula is C15H20N2O3. The zero-order valence-electron chi connectivity index (χ0n) is 11.6. The van der Waals surface area contributed by atoms with E-state index in [1.807, 2.05) is 36.1 Å². The third-order valence-electron chi connectivity index (χ3n) is 3.49. The maximum atomic E-state index is 11.8. The zero-order chi connectivity index (χ0) is 14.5. The number of aliphatic carboxylic acids is 1. The SMILES string of the molecule is CCCNC(=O)CN1CC(CC(=O)O)c2ccccc21. The first-order valence-electron chi connectivity index (χ1n) is 6.94. The van der Waals surface area contributed by atoms with Crippen molar-refractivity contribution in [2.24, 2.45) is 0 Å². The lowest BCUT2D eigenvalue weighted by Gasteiger charge is -2.19. The van der Waals surface area contributed by atoms with Crippen LogP contribution >= 0.6 is 0 Å². The van der Waals surface area contributed by atoms with Gasteiger partial charge in [-0.2, -0.15) is 0 Å². The number of carbonyl (C=O) groups excluding carboxylic acids is 1. The highest BCUT2D eigenvalue weighted by atomic mass is 16.4. The molecule has 0 aromatic heterocycles. The normalized spacial score (nSPS) is 16.9. The summed E-state index contributed by atoms with van der Waals surface area (Å²) in [5, 5.41) is 11.8. The molecule has 0 fully saturated rings. The van der Waals surface area contributed by atoms with Crippen molar-refractivity contribution in [1.82, 2.24) is 5.32 Å². The van der Waals surface area contributed by atoms with Crippen molar-refractivity contribution in [2.75, 3.05) is 24.5 Å². The Balaban J connectivity index is 2.08. The summed E-state index contributed by atoms with van der Waals surface area (Å²) in [6.45, 7) is 3.56. The van der Waals surface area contributed by atoms with Gasteiger partial charge in [-0.25, -0.2) is 0 Å². The maximum Gasteiger partial charge on any atom is 0.304 e. The number of para-hydroxylation sites is 1. The predicted octanol–water partition coefficient (Wildman–Crippen LogP) is 1.59. The van der Waals surface area contributed by atoms with Crippen molar-refractivity contribution in [3.05, 3.63) is 29.8 Å². The number of anilines is 1. The molecule has 2 rings (SSSR count). The Morgan fingerprint density at radius 2 is 2.15 bits per heavy atom. The van der Waals surface area contributed by atoms with Crippen molar-refractivity contribution in [3.8, 4) is 0 Å². The van der Waals surface area contributed by atoms with E-state index in [1.165, 1.54) is 0 Å². The van der Waals surface area contributed by atoms with Gasteiger partial charge in [-0.3, -0.25) is 9.59 Å². The van der Waals surface area contributed by atoms with Crippen LogP contribution in [0.15, 0.2) is 24.3 Å². The Morgan fingerprint density at radius 3 is 2.85 bits per heavy atom. The minimum atomic E-state index is -0.804. The van der Waals surface area contributed by atoms with E-state index in [-0.39, 0.29) is 24.8 Å². The minimum Gasteiger partial charge on any atom is -0.481 e. The molecule has 1 amide bonds. The van der Waals surface area contributed by atoms with Crippen LogP contribution in [0, 0.1) is 0 Å². The highest BCUT2D eigenvalue weighted by Gasteiger charge is 2.30. The van der Waals surface area contributed by atoms with Gasteiger partial charge in [0.15, 0.2) is 0 Å². The summed E-state index contributed by atoms with van der Waals surface area (Å²) in [5.41, 5.74) is 2.00. The van der Waals surface area contributed by atoms with Crippen LogP contribution in [0.4, 0.5) is 5.69 Å². The molecule has 5 heteroatoms. The molecule has 2 N–H and O–H groups in total. The van der Waals surface area contributed by atoms with Crippen LogP contribution in [0.3, 0.4) is 0 Å². The average Bonchev–Trinajstić information content (AvgIpc) is 2.74. The molecule has 0 aliphatic carbocycles. The van der Waals surface area contributed by atoms with Crippen LogP contribution < -0.4 is 10.2 Å². The first-order chi connectivity index (χ1) is 9.61. The third-order valence-corrected chi connectivity index (χ3v) is 3.49. The summed E-state index contributed by atoms with van der Waals surface area (Å²) in [7, 11) is 0. The monoisotopic (exact) mass is 276 g/mol. The molecule has 1 atom stereocenters. The van der Waals surface area contributed by atoms with Gasteiger partial charge >= 0.3 is 5.97 Å². The summed E-state index contributed by atoms with van der Waals surface area (Å²) in [6.07, 6.45) is 1.01. The van der Waals surface area contributed by atoms with Gasteiger partial charge in [0.2, 0.25) is 5.91 Å². The third kappa shape index (κ3) is 3.29. The van der Waals surface area contributed by atoms with Crippen LogP contribution in [-0.2, 0) is 9.59 Å². The van der Waals surface area contributed by atoms with Gasteiger partial charge in [0, 0.05) is 24.7 Å². The molecule has 1 aliphatic heterocycles. The summed E-state index contributed by atoms with van der Waals surface area (Å²) >= 11 is 0. The number of fused-ring (bicyclic) bond motifs is 1. The van der Waals surface area contributed by atoms with E-state index < -0.39 is 5.97 Å². The van der Waals surface area contributed by atoms with E-state index in [0.29, 0.717) is 13.1 Å². The van der Waals surface area contributed by atoms with E-state index in [9.17, 15) is 9.59 Å². The maximum absolute atomic E-state index is 11.8. The van der Waals surface area contributed by atoms with E-state index in [4.69, 9.17) is 5.11 Å². The molecule has 1 unspecified atom stereocenters. The summed E-state index contributed by atoms with van der Waals surface area (Å²) < 4.78 is 0. The number of nitrogens with one attached hydrogen (secondary N) is 1. The van der Waals surface area contributed by atoms with E-state index in [2.05, 4.69) is 5.32 Å². The van der Waals surface area contributed by atoms with Gasteiger partial charge in [0.25, 0.3) is 0 Å². The Kier molecular flexibility index (Phi) is 4.61. The quantitative estimate of drug-likeness (QED) is 0.828.